The molecule has 68 valence electrons. The molecule has 1 aromatic heterocycles. The Kier molecular flexibility index (Phi) is 2.20. The fraction of sp³-hybridized carbons (Fsp3) is 0.200. The third-order valence-electron chi connectivity index (χ3n) is 1.94. The summed E-state index contributed by atoms with van der Waals surface area (Å²) in [5, 5.41) is 10.4. The van der Waals surface area contributed by atoms with Crippen molar-refractivity contribution in [3.8, 4) is 5.75 Å². The van der Waals surface area contributed by atoms with Crippen LogP contribution in [0.3, 0.4) is 0 Å². The van der Waals surface area contributed by atoms with E-state index in [9.17, 15) is 5.11 Å². The maximum Gasteiger partial charge on any atom is 0.116 e. The minimum Gasteiger partial charge on any atom is -0.508 e. The van der Waals surface area contributed by atoms with Gasteiger partial charge in [-0.3, -0.25) is 0 Å². The molecule has 2 rings (SSSR count). The van der Waals surface area contributed by atoms with E-state index in [1.807, 2.05) is 6.07 Å². The SMILES string of the molecule is NCCc1cc2cc(O)ccc2s1. The molecule has 0 radical (unpaired) electrons. The molecular formula is C10H11NOS. The maximum atomic E-state index is 9.25. The van der Waals surface area contributed by atoms with E-state index in [1.165, 1.54) is 9.58 Å². The molecule has 0 aliphatic rings. The molecule has 0 saturated heterocycles. The summed E-state index contributed by atoms with van der Waals surface area (Å²) in [5.41, 5.74) is 5.47. The van der Waals surface area contributed by atoms with Gasteiger partial charge in [-0.1, -0.05) is 0 Å². The number of rotatable bonds is 2. The van der Waals surface area contributed by atoms with Gasteiger partial charge in [-0.15, -0.1) is 11.3 Å². The predicted octanol–water partition coefficient (Wildman–Crippen LogP) is 2.11. The molecule has 2 nitrogen and oxygen atoms in total. The third kappa shape index (κ3) is 1.66. The zero-order valence-electron chi connectivity index (χ0n) is 7.16. The highest BCUT2D eigenvalue weighted by Crippen LogP contribution is 2.28. The Morgan fingerprint density at radius 1 is 1.31 bits per heavy atom. The molecule has 1 heterocycles. The van der Waals surface area contributed by atoms with Gasteiger partial charge in [0, 0.05) is 9.58 Å². The highest BCUT2D eigenvalue weighted by molar-refractivity contribution is 7.19. The minimum absolute atomic E-state index is 0.324. The lowest BCUT2D eigenvalue weighted by molar-refractivity contribution is 0.476. The van der Waals surface area contributed by atoms with Crippen LogP contribution in [0.25, 0.3) is 10.1 Å². The van der Waals surface area contributed by atoms with E-state index in [1.54, 1.807) is 23.5 Å². The molecule has 0 saturated carbocycles. The van der Waals surface area contributed by atoms with E-state index in [0.717, 1.165) is 11.8 Å². The van der Waals surface area contributed by atoms with Gasteiger partial charge in [0.05, 0.1) is 0 Å². The van der Waals surface area contributed by atoms with E-state index in [0.29, 0.717) is 12.3 Å². The smallest absolute Gasteiger partial charge is 0.116 e. The van der Waals surface area contributed by atoms with Crippen LogP contribution in [-0.2, 0) is 6.42 Å². The fourth-order valence-corrected chi connectivity index (χ4v) is 2.41. The molecule has 1 aromatic carbocycles. The Morgan fingerprint density at radius 3 is 2.92 bits per heavy atom. The Bertz CT molecular complexity index is 422. The molecule has 0 fully saturated rings. The number of thiophene rings is 1. The second-order valence-corrected chi connectivity index (χ2v) is 4.14. The highest BCUT2D eigenvalue weighted by Gasteiger charge is 2.01. The van der Waals surface area contributed by atoms with Crippen molar-refractivity contribution in [1.29, 1.82) is 0 Å². The molecule has 0 unspecified atom stereocenters. The zero-order valence-corrected chi connectivity index (χ0v) is 7.97. The molecule has 3 N–H and O–H groups in total. The molecule has 0 bridgehead atoms. The van der Waals surface area contributed by atoms with Gasteiger partial charge < -0.3 is 10.8 Å². The third-order valence-corrected chi connectivity index (χ3v) is 3.12. The minimum atomic E-state index is 0.324. The van der Waals surface area contributed by atoms with Gasteiger partial charge >= 0.3 is 0 Å². The summed E-state index contributed by atoms with van der Waals surface area (Å²) in [5.74, 6) is 0.324. The van der Waals surface area contributed by atoms with E-state index in [2.05, 4.69) is 6.07 Å². The van der Waals surface area contributed by atoms with Crippen molar-refractivity contribution in [2.75, 3.05) is 6.54 Å². The molecule has 0 aliphatic heterocycles. The lowest BCUT2D eigenvalue weighted by Crippen LogP contribution is -2.00. The van der Waals surface area contributed by atoms with Crippen LogP contribution >= 0.6 is 11.3 Å². The van der Waals surface area contributed by atoms with Crippen LogP contribution in [0.15, 0.2) is 24.3 Å². The monoisotopic (exact) mass is 193 g/mol. The van der Waals surface area contributed by atoms with E-state index >= 15 is 0 Å². The summed E-state index contributed by atoms with van der Waals surface area (Å²) in [6, 6.07) is 7.53. The van der Waals surface area contributed by atoms with Crippen molar-refractivity contribution < 1.29 is 5.11 Å². The van der Waals surface area contributed by atoms with Gasteiger partial charge in [0.2, 0.25) is 0 Å². The van der Waals surface area contributed by atoms with Gasteiger partial charge in [-0.2, -0.15) is 0 Å². The standard InChI is InChI=1S/C10H11NOS/c11-4-3-9-6-7-5-8(12)1-2-10(7)13-9/h1-2,5-6,12H,3-4,11H2. The second-order valence-electron chi connectivity index (χ2n) is 2.97. The largest absolute Gasteiger partial charge is 0.508 e. The number of hydrogen-bond donors (Lipinski definition) is 2. The number of hydrogen-bond acceptors (Lipinski definition) is 3. The predicted molar refractivity (Wildman–Crippen MR) is 56.2 cm³/mol. The molecule has 0 amide bonds. The van der Waals surface area contributed by atoms with E-state index < -0.39 is 0 Å². The molecule has 3 heteroatoms. The maximum absolute atomic E-state index is 9.25. The van der Waals surface area contributed by atoms with Gasteiger partial charge in [-0.25, -0.2) is 0 Å². The molecule has 0 aliphatic carbocycles. The van der Waals surface area contributed by atoms with Crippen LogP contribution in [0.2, 0.25) is 0 Å². The first-order valence-corrected chi connectivity index (χ1v) is 5.03. The number of aromatic hydroxyl groups is 1. The van der Waals surface area contributed by atoms with Gasteiger partial charge in [0.25, 0.3) is 0 Å². The summed E-state index contributed by atoms with van der Waals surface area (Å²) in [6.07, 6.45) is 0.917. The molecule has 0 spiro atoms. The Labute approximate surface area is 80.6 Å². The zero-order chi connectivity index (χ0) is 9.26. The molecule has 2 aromatic rings. The van der Waals surface area contributed by atoms with Crippen molar-refractivity contribution in [3.05, 3.63) is 29.1 Å². The summed E-state index contributed by atoms with van der Waals surface area (Å²) >= 11 is 1.74. The topological polar surface area (TPSA) is 46.2 Å². The second kappa shape index (κ2) is 3.36. The Balaban J connectivity index is 2.49. The molecular weight excluding hydrogens is 182 g/mol. The average Bonchev–Trinajstić information content (AvgIpc) is 2.46. The average molecular weight is 193 g/mol. The van der Waals surface area contributed by atoms with Crippen LogP contribution in [0.5, 0.6) is 5.75 Å². The van der Waals surface area contributed by atoms with Crippen LogP contribution in [0.4, 0.5) is 0 Å². The van der Waals surface area contributed by atoms with Gasteiger partial charge in [0.15, 0.2) is 0 Å². The fourth-order valence-electron chi connectivity index (χ4n) is 1.35. The number of benzene rings is 1. The first-order valence-electron chi connectivity index (χ1n) is 4.21. The van der Waals surface area contributed by atoms with Gasteiger partial charge in [0.1, 0.15) is 5.75 Å². The number of phenolic OH excluding ortho intramolecular Hbond substituents is 1. The normalized spacial score (nSPS) is 10.8. The van der Waals surface area contributed by atoms with Gasteiger partial charge in [-0.05, 0) is 42.6 Å². The van der Waals surface area contributed by atoms with Crippen molar-refractivity contribution in [2.24, 2.45) is 5.73 Å². The number of phenols is 1. The lowest BCUT2D eigenvalue weighted by atomic mass is 10.2. The molecule has 13 heavy (non-hydrogen) atoms. The van der Waals surface area contributed by atoms with Crippen LogP contribution < -0.4 is 5.73 Å². The lowest BCUT2D eigenvalue weighted by Gasteiger charge is -1.89. The number of nitrogens with two attached hydrogens (primary N) is 1. The van der Waals surface area contributed by atoms with Crippen LogP contribution in [0.1, 0.15) is 4.88 Å². The first-order chi connectivity index (χ1) is 6.29. The summed E-state index contributed by atoms with van der Waals surface area (Å²) in [4.78, 5) is 1.28. The van der Waals surface area contributed by atoms with E-state index in [-0.39, 0.29) is 0 Å². The summed E-state index contributed by atoms with van der Waals surface area (Å²) in [7, 11) is 0. The molecule has 0 atom stereocenters. The first kappa shape index (κ1) is 8.53. The quantitative estimate of drug-likeness (QED) is 0.767. The summed E-state index contributed by atoms with van der Waals surface area (Å²) in [6.45, 7) is 0.679. The highest BCUT2D eigenvalue weighted by atomic mass is 32.1. The Hall–Kier alpha value is -1.06. The van der Waals surface area contributed by atoms with Crippen LogP contribution in [0, 0.1) is 0 Å². The van der Waals surface area contributed by atoms with Crippen molar-refractivity contribution in [2.45, 2.75) is 6.42 Å². The number of fused-ring (bicyclic) bond motifs is 1. The van der Waals surface area contributed by atoms with Crippen molar-refractivity contribution in [3.63, 3.8) is 0 Å². The van der Waals surface area contributed by atoms with Crippen LogP contribution in [-0.4, -0.2) is 11.7 Å². The summed E-state index contributed by atoms with van der Waals surface area (Å²) < 4.78 is 1.21. The van der Waals surface area contributed by atoms with E-state index in [4.69, 9.17) is 5.73 Å². The van der Waals surface area contributed by atoms with Crippen molar-refractivity contribution in [1.82, 2.24) is 0 Å². The van der Waals surface area contributed by atoms with Crippen molar-refractivity contribution >= 4 is 21.4 Å². The Morgan fingerprint density at radius 2 is 2.15 bits per heavy atom.